The molecule has 20 heavy (non-hydrogen) atoms. The second-order valence-electron chi connectivity index (χ2n) is 4.97. The van der Waals surface area contributed by atoms with Gasteiger partial charge < -0.3 is 9.88 Å². The fourth-order valence-corrected chi connectivity index (χ4v) is 3.13. The Morgan fingerprint density at radius 2 is 2.15 bits per heavy atom. The molecule has 2 heterocycles. The number of aryl methyl sites for hydroxylation is 2. The largest absolute Gasteiger partial charge is 0.330 e. The monoisotopic (exact) mass is 286 g/mol. The van der Waals surface area contributed by atoms with E-state index in [1.807, 2.05) is 25.3 Å². The van der Waals surface area contributed by atoms with Crippen LogP contribution < -0.4 is 5.32 Å². The van der Waals surface area contributed by atoms with Crippen LogP contribution >= 0.6 is 11.3 Å². The maximum Gasteiger partial charge on any atom is 0.126 e. The lowest BCUT2D eigenvalue weighted by molar-refractivity contribution is 0.536. The number of hydrogen-bond donors (Lipinski definition) is 1. The molecule has 4 nitrogen and oxygen atoms in total. The summed E-state index contributed by atoms with van der Waals surface area (Å²) < 4.78 is 2.16. The third-order valence-electron chi connectivity index (χ3n) is 3.46. The molecular formula is C15H18N4S. The normalized spacial score (nSPS) is 12.9. The van der Waals surface area contributed by atoms with Crippen molar-refractivity contribution >= 4 is 22.4 Å². The summed E-state index contributed by atoms with van der Waals surface area (Å²) >= 11 is 1.73. The number of fused-ring (bicyclic) bond motifs is 1. The molecule has 0 aliphatic rings. The Morgan fingerprint density at radius 3 is 2.85 bits per heavy atom. The molecule has 0 spiro atoms. The molecule has 0 fully saturated rings. The van der Waals surface area contributed by atoms with E-state index in [2.05, 4.69) is 41.0 Å². The van der Waals surface area contributed by atoms with Crippen molar-refractivity contribution in [3.05, 3.63) is 46.2 Å². The number of nitrogens with zero attached hydrogens (tertiary/aromatic N) is 3. The first-order chi connectivity index (χ1) is 9.65. The van der Waals surface area contributed by atoms with Crippen molar-refractivity contribution in [2.45, 2.75) is 26.4 Å². The summed E-state index contributed by atoms with van der Waals surface area (Å²) in [6.07, 6.45) is 1.94. The second-order valence-corrected chi connectivity index (χ2v) is 6.29. The van der Waals surface area contributed by atoms with Gasteiger partial charge in [-0.25, -0.2) is 9.97 Å². The Hall–Kier alpha value is -1.72. The average molecular weight is 286 g/mol. The van der Waals surface area contributed by atoms with Crippen molar-refractivity contribution in [3.63, 3.8) is 0 Å². The zero-order chi connectivity index (χ0) is 14.1. The van der Waals surface area contributed by atoms with Gasteiger partial charge in [-0.1, -0.05) is 12.1 Å². The first kappa shape index (κ1) is 13.3. The fourth-order valence-electron chi connectivity index (χ4n) is 2.38. The average Bonchev–Trinajstić information content (AvgIpc) is 3.01. The van der Waals surface area contributed by atoms with Crippen LogP contribution in [-0.4, -0.2) is 14.5 Å². The third-order valence-corrected chi connectivity index (χ3v) is 4.37. The lowest BCUT2D eigenvalue weighted by atomic mass is 10.3. The molecule has 0 aliphatic carbocycles. The number of aromatic nitrogens is 3. The predicted octanol–water partition coefficient (Wildman–Crippen LogP) is 3.19. The maximum atomic E-state index is 4.72. The quantitative estimate of drug-likeness (QED) is 0.801. The Labute approximate surface area is 122 Å². The minimum atomic E-state index is 0.204. The molecule has 0 saturated heterocycles. The third kappa shape index (κ3) is 2.46. The van der Waals surface area contributed by atoms with Crippen molar-refractivity contribution in [3.8, 4) is 0 Å². The minimum Gasteiger partial charge on any atom is -0.330 e. The van der Waals surface area contributed by atoms with Crippen LogP contribution in [-0.2, 0) is 13.6 Å². The number of para-hydroxylation sites is 2. The van der Waals surface area contributed by atoms with Crippen LogP contribution in [0, 0.1) is 6.92 Å². The van der Waals surface area contributed by atoms with Crippen LogP contribution in [0.15, 0.2) is 30.5 Å². The van der Waals surface area contributed by atoms with E-state index in [-0.39, 0.29) is 6.04 Å². The smallest absolute Gasteiger partial charge is 0.126 e. The fraction of sp³-hybridized carbons (Fsp3) is 0.333. The van der Waals surface area contributed by atoms with Crippen LogP contribution in [0.1, 0.15) is 28.7 Å². The first-order valence-electron chi connectivity index (χ1n) is 6.71. The molecule has 1 aromatic carbocycles. The van der Waals surface area contributed by atoms with Crippen molar-refractivity contribution < 1.29 is 0 Å². The first-order valence-corrected chi connectivity index (χ1v) is 7.53. The van der Waals surface area contributed by atoms with Gasteiger partial charge in [0.05, 0.1) is 22.1 Å². The zero-order valence-electron chi connectivity index (χ0n) is 11.9. The van der Waals surface area contributed by atoms with Crippen LogP contribution in [0.4, 0.5) is 0 Å². The highest BCUT2D eigenvalue weighted by molar-refractivity contribution is 7.11. The van der Waals surface area contributed by atoms with Gasteiger partial charge in [-0.15, -0.1) is 11.3 Å². The highest BCUT2D eigenvalue weighted by Gasteiger charge is 2.14. The molecule has 3 aromatic rings. The Kier molecular flexibility index (Phi) is 3.54. The van der Waals surface area contributed by atoms with E-state index in [1.54, 1.807) is 11.3 Å². The molecule has 1 N–H and O–H groups in total. The van der Waals surface area contributed by atoms with Gasteiger partial charge >= 0.3 is 0 Å². The summed E-state index contributed by atoms with van der Waals surface area (Å²) in [4.78, 5) is 10.3. The van der Waals surface area contributed by atoms with E-state index in [9.17, 15) is 0 Å². The highest BCUT2D eigenvalue weighted by Crippen LogP contribution is 2.20. The van der Waals surface area contributed by atoms with Crippen LogP contribution in [0.3, 0.4) is 0 Å². The second kappa shape index (κ2) is 5.34. The van der Waals surface area contributed by atoms with Crippen LogP contribution in [0.25, 0.3) is 11.0 Å². The number of thiazole rings is 1. The Morgan fingerprint density at radius 1 is 1.35 bits per heavy atom. The SMILES string of the molecule is Cc1ncc(CNC(C)c2nc3ccccc3n2C)s1. The minimum absolute atomic E-state index is 0.204. The Balaban J connectivity index is 1.78. The van der Waals surface area contributed by atoms with Gasteiger partial charge in [0, 0.05) is 24.7 Å². The van der Waals surface area contributed by atoms with Crippen LogP contribution in [0.2, 0.25) is 0 Å². The molecular weight excluding hydrogens is 268 g/mol. The lowest BCUT2D eigenvalue weighted by Crippen LogP contribution is -2.20. The van der Waals surface area contributed by atoms with E-state index < -0.39 is 0 Å². The van der Waals surface area contributed by atoms with Gasteiger partial charge in [-0.3, -0.25) is 0 Å². The van der Waals surface area contributed by atoms with Crippen molar-refractivity contribution in [1.29, 1.82) is 0 Å². The van der Waals surface area contributed by atoms with E-state index in [4.69, 9.17) is 4.98 Å². The molecule has 1 unspecified atom stereocenters. The summed E-state index contributed by atoms with van der Waals surface area (Å²) in [6, 6.07) is 8.43. The van der Waals surface area contributed by atoms with Crippen molar-refractivity contribution in [2.24, 2.45) is 7.05 Å². The standard InChI is InChI=1S/C15H18N4S/c1-10(16-8-12-9-17-11(2)20-12)15-18-13-6-4-5-7-14(13)19(15)3/h4-7,9-10,16H,8H2,1-3H3. The highest BCUT2D eigenvalue weighted by atomic mass is 32.1. The molecule has 0 bridgehead atoms. The predicted molar refractivity (Wildman–Crippen MR) is 82.8 cm³/mol. The van der Waals surface area contributed by atoms with Gasteiger partial charge in [0.25, 0.3) is 0 Å². The lowest BCUT2D eigenvalue weighted by Gasteiger charge is -2.12. The van der Waals surface area contributed by atoms with Crippen molar-refractivity contribution in [1.82, 2.24) is 19.9 Å². The molecule has 0 saturated carbocycles. The van der Waals surface area contributed by atoms with Gasteiger partial charge in [0.2, 0.25) is 0 Å². The van der Waals surface area contributed by atoms with Gasteiger partial charge in [0.15, 0.2) is 0 Å². The number of benzene rings is 1. The molecule has 0 aliphatic heterocycles. The molecule has 104 valence electrons. The molecule has 2 aromatic heterocycles. The summed E-state index contributed by atoms with van der Waals surface area (Å²) in [5, 5.41) is 4.63. The maximum absolute atomic E-state index is 4.72. The molecule has 0 radical (unpaired) electrons. The molecule has 3 rings (SSSR count). The summed E-state index contributed by atoms with van der Waals surface area (Å²) in [6.45, 7) is 5.01. The van der Waals surface area contributed by atoms with Crippen LogP contribution in [0.5, 0.6) is 0 Å². The zero-order valence-corrected chi connectivity index (χ0v) is 12.7. The van der Waals surface area contributed by atoms with E-state index in [0.29, 0.717) is 0 Å². The summed E-state index contributed by atoms with van der Waals surface area (Å²) in [5.74, 6) is 1.06. The topological polar surface area (TPSA) is 42.7 Å². The molecule has 0 amide bonds. The molecule has 1 atom stereocenters. The number of imidazole rings is 1. The van der Waals surface area contributed by atoms with Gasteiger partial charge in [-0.2, -0.15) is 0 Å². The number of hydrogen-bond acceptors (Lipinski definition) is 4. The van der Waals surface area contributed by atoms with E-state index in [1.165, 1.54) is 10.4 Å². The van der Waals surface area contributed by atoms with Gasteiger partial charge in [-0.05, 0) is 26.0 Å². The Bertz CT molecular complexity index is 728. The van der Waals surface area contributed by atoms with Crippen molar-refractivity contribution in [2.75, 3.05) is 0 Å². The number of nitrogens with one attached hydrogen (secondary N) is 1. The summed E-state index contributed by atoms with van der Waals surface area (Å²) in [5.41, 5.74) is 2.22. The van der Waals surface area contributed by atoms with E-state index >= 15 is 0 Å². The van der Waals surface area contributed by atoms with Gasteiger partial charge in [0.1, 0.15) is 5.82 Å². The molecule has 5 heteroatoms. The number of rotatable bonds is 4. The van der Waals surface area contributed by atoms with E-state index in [0.717, 1.165) is 22.9 Å². The summed E-state index contributed by atoms with van der Waals surface area (Å²) in [7, 11) is 2.07.